The molecule has 4 aromatic rings. The van der Waals surface area contributed by atoms with Crippen LogP contribution in [0.5, 0.6) is 0 Å². The lowest BCUT2D eigenvalue weighted by atomic mass is 9.86. The molecule has 0 saturated heterocycles. The Hall–Kier alpha value is -5.80. The fraction of sp³-hybridized carbons (Fsp3) is 0.400. The number of carbonyl (C=O) groups is 5. The summed E-state index contributed by atoms with van der Waals surface area (Å²) in [5, 5.41) is 18.4. The van der Waals surface area contributed by atoms with Crippen LogP contribution in [0.2, 0.25) is 0 Å². The molecule has 3 N–H and O–H groups in total. The van der Waals surface area contributed by atoms with E-state index in [0.717, 1.165) is 39.4 Å². The summed E-state index contributed by atoms with van der Waals surface area (Å²) < 4.78 is 12.6. The monoisotopic (exact) mass is 750 g/mol. The molecular weight excluding hydrogens is 708 g/mol. The van der Waals surface area contributed by atoms with Crippen molar-refractivity contribution in [2.24, 2.45) is 0 Å². The summed E-state index contributed by atoms with van der Waals surface area (Å²) in [6.45, 7) is 2.26. The van der Waals surface area contributed by atoms with E-state index in [1.165, 1.54) is 17.1 Å². The largest absolute Gasteiger partial charge is 0.458 e. The molecule has 0 fully saturated rings. The molecule has 3 aliphatic rings. The highest BCUT2D eigenvalue weighted by Crippen LogP contribution is 2.41. The van der Waals surface area contributed by atoms with Crippen LogP contribution >= 0.6 is 0 Å². The van der Waals surface area contributed by atoms with Gasteiger partial charge in [0.25, 0.3) is 17.4 Å². The minimum atomic E-state index is -1.92. The number of fused-ring (bicyclic) bond motifs is 7. The summed E-state index contributed by atoms with van der Waals surface area (Å²) in [6, 6.07) is 9.45. The molecule has 4 amide bonds. The molecule has 0 spiro atoms. The minimum Gasteiger partial charge on any atom is -0.458 e. The van der Waals surface area contributed by atoms with Crippen LogP contribution in [0.25, 0.3) is 33.2 Å². The van der Waals surface area contributed by atoms with Gasteiger partial charge in [0, 0.05) is 59.8 Å². The van der Waals surface area contributed by atoms with Crippen LogP contribution in [0.3, 0.4) is 0 Å². The summed E-state index contributed by atoms with van der Waals surface area (Å²) in [6.07, 6.45) is 8.41. The Bertz CT molecular complexity index is 2300. The highest BCUT2D eigenvalue weighted by atomic mass is 16.6. The average Bonchev–Trinajstić information content (AvgIpc) is 3.72. The molecule has 7 rings (SSSR count). The lowest BCUT2D eigenvalue weighted by Gasteiger charge is -2.31. The number of carbonyl (C=O) groups excluding carboxylic acids is 5. The predicted octanol–water partition coefficient (Wildman–Crippen LogP) is 2.64. The van der Waals surface area contributed by atoms with Crippen LogP contribution in [0.1, 0.15) is 74.1 Å². The van der Waals surface area contributed by atoms with Crippen LogP contribution in [0.15, 0.2) is 53.5 Å². The first-order chi connectivity index (χ1) is 26.6. The maximum absolute atomic E-state index is 13.8. The third-order valence-electron chi connectivity index (χ3n) is 10.5. The van der Waals surface area contributed by atoms with Crippen molar-refractivity contribution < 1.29 is 38.6 Å². The van der Waals surface area contributed by atoms with Gasteiger partial charge in [-0.3, -0.25) is 33.9 Å². The second kappa shape index (κ2) is 15.9. The lowest BCUT2D eigenvalue weighted by molar-refractivity contribution is -0.172. The van der Waals surface area contributed by atoms with E-state index in [-0.39, 0.29) is 79.6 Å². The normalized spacial score (nSPS) is 17.1. The number of rotatable bonds is 16. The third-order valence-corrected chi connectivity index (χ3v) is 10.5. The van der Waals surface area contributed by atoms with E-state index in [1.54, 1.807) is 23.8 Å². The van der Waals surface area contributed by atoms with E-state index in [1.807, 2.05) is 24.3 Å². The van der Waals surface area contributed by atoms with Crippen LogP contribution in [0, 0.1) is 0 Å². The van der Waals surface area contributed by atoms with Gasteiger partial charge in [-0.15, -0.1) is 0 Å². The lowest BCUT2D eigenvalue weighted by Crippen LogP contribution is -2.44. The van der Waals surface area contributed by atoms with E-state index >= 15 is 0 Å². The van der Waals surface area contributed by atoms with Crippen LogP contribution < -0.4 is 16.2 Å². The third kappa shape index (κ3) is 7.36. The average molecular weight is 751 g/mol. The van der Waals surface area contributed by atoms with Gasteiger partial charge in [0.2, 0.25) is 11.8 Å². The zero-order valence-corrected chi connectivity index (χ0v) is 30.5. The van der Waals surface area contributed by atoms with Crippen LogP contribution in [-0.2, 0) is 58.6 Å². The van der Waals surface area contributed by atoms with Gasteiger partial charge in [-0.05, 0) is 68.4 Å². The zero-order chi connectivity index (χ0) is 38.7. The summed E-state index contributed by atoms with van der Waals surface area (Å²) >= 11 is 0. The van der Waals surface area contributed by atoms with Gasteiger partial charge in [0.05, 0.1) is 41.1 Å². The quantitative estimate of drug-likeness (QED) is 0.0441. The predicted molar refractivity (Wildman–Crippen MR) is 199 cm³/mol. The smallest absolute Gasteiger partial charge is 0.343 e. The van der Waals surface area contributed by atoms with Crippen molar-refractivity contribution in [1.82, 2.24) is 30.1 Å². The zero-order valence-electron chi connectivity index (χ0n) is 30.5. The molecule has 286 valence electrons. The SMILES string of the molecule is CC[C@@]1(O)C(=O)OCc2c1cc1n(c2=O)Cc2c-1nc1ccc3ncccc3c1c2CCCCOCNC(=O)CNC(=O)CCCCCN1C(=O)C=CC1=O. The van der Waals surface area contributed by atoms with Crippen molar-refractivity contribution in [2.45, 2.75) is 77.0 Å². The van der Waals surface area contributed by atoms with Crippen molar-refractivity contribution in [3.05, 3.63) is 81.3 Å². The van der Waals surface area contributed by atoms with E-state index in [0.29, 0.717) is 56.6 Å². The first-order valence-electron chi connectivity index (χ1n) is 18.6. The van der Waals surface area contributed by atoms with E-state index in [2.05, 4.69) is 15.6 Å². The minimum absolute atomic E-state index is 0.0133. The number of imide groups is 1. The molecule has 1 atom stereocenters. The Labute approximate surface area is 315 Å². The molecule has 1 aromatic carbocycles. The number of cyclic esters (lactones) is 1. The molecule has 55 heavy (non-hydrogen) atoms. The number of ether oxygens (including phenoxy) is 2. The van der Waals surface area contributed by atoms with Crippen molar-refractivity contribution in [3.63, 3.8) is 0 Å². The van der Waals surface area contributed by atoms with Crippen molar-refractivity contribution in [1.29, 1.82) is 0 Å². The highest BCUT2D eigenvalue weighted by molar-refractivity contribution is 6.13. The van der Waals surface area contributed by atoms with Crippen molar-refractivity contribution in [3.8, 4) is 11.4 Å². The number of hydrogen-bond acceptors (Lipinski definition) is 11. The Morgan fingerprint density at radius 2 is 1.76 bits per heavy atom. The van der Waals surface area contributed by atoms with E-state index in [9.17, 15) is 33.9 Å². The van der Waals surface area contributed by atoms with Gasteiger partial charge < -0.3 is 29.8 Å². The summed E-state index contributed by atoms with van der Waals surface area (Å²) in [5.41, 5.74) is 3.00. The number of unbranched alkanes of at least 4 members (excludes halogenated alkanes) is 3. The number of aryl methyl sites for hydroxylation is 1. The number of pyridine rings is 3. The molecule has 0 aliphatic carbocycles. The number of benzene rings is 1. The summed E-state index contributed by atoms with van der Waals surface area (Å²) in [7, 11) is 0. The Morgan fingerprint density at radius 3 is 2.56 bits per heavy atom. The first kappa shape index (κ1) is 37.5. The maximum Gasteiger partial charge on any atom is 0.343 e. The maximum atomic E-state index is 13.8. The van der Waals surface area contributed by atoms with Gasteiger partial charge in [0.1, 0.15) is 13.3 Å². The molecule has 6 heterocycles. The van der Waals surface area contributed by atoms with Crippen molar-refractivity contribution in [2.75, 3.05) is 26.4 Å². The van der Waals surface area contributed by atoms with Gasteiger partial charge in [-0.2, -0.15) is 0 Å². The van der Waals surface area contributed by atoms with Gasteiger partial charge in [-0.25, -0.2) is 9.78 Å². The number of hydrogen-bond donors (Lipinski definition) is 3. The molecule has 3 aliphatic heterocycles. The topological polar surface area (TPSA) is 199 Å². The first-order valence-corrected chi connectivity index (χ1v) is 18.6. The van der Waals surface area contributed by atoms with E-state index in [4.69, 9.17) is 14.5 Å². The Balaban J connectivity index is 0.936. The molecule has 15 heteroatoms. The van der Waals surface area contributed by atoms with E-state index < -0.39 is 11.6 Å². The number of aliphatic hydroxyl groups is 1. The number of nitrogens with zero attached hydrogens (tertiary/aromatic N) is 4. The number of nitrogens with one attached hydrogen (secondary N) is 2. The number of esters is 1. The number of aromatic nitrogens is 3. The summed E-state index contributed by atoms with van der Waals surface area (Å²) in [4.78, 5) is 84.8. The Morgan fingerprint density at radius 1 is 0.964 bits per heavy atom. The van der Waals surface area contributed by atoms with Gasteiger partial charge in [0.15, 0.2) is 5.60 Å². The molecule has 3 aromatic heterocycles. The molecule has 0 unspecified atom stereocenters. The molecule has 0 saturated carbocycles. The molecule has 0 bridgehead atoms. The highest BCUT2D eigenvalue weighted by Gasteiger charge is 2.45. The molecular formula is C40H42N6O9. The Kier molecular flexibility index (Phi) is 10.8. The second-order valence-electron chi connectivity index (χ2n) is 13.9. The standard InChI is InChI=1S/C40H42N6O9/c1-2-40(53)28-19-31-37-26(21-46(31)38(51)27(28)22-55-39(40)52)24(36-25-10-8-16-41-29(25)12-13-30(36)44-37)9-5-7-18-54-23-43-33(48)20-42-32(47)11-4-3-6-17-45-34(49)14-15-35(45)50/h8,10,12-16,19,53H,2-7,9,11,17-18,20-23H2,1H3,(H,42,47)(H,43,48)/t40-/m0/s1. The van der Waals surface area contributed by atoms with Crippen LogP contribution in [0.4, 0.5) is 0 Å². The summed E-state index contributed by atoms with van der Waals surface area (Å²) in [5.74, 6) is -2.04. The van der Waals surface area contributed by atoms with Gasteiger partial charge in [-0.1, -0.05) is 19.4 Å². The second-order valence-corrected chi connectivity index (χ2v) is 13.9. The van der Waals surface area contributed by atoms with Crippen molar-refractivity contribution >= 4 is 51.4 Å². The van der Waals surface area contributed by atoms with Gasteiger partial charge >= 0.3 is 5.97 Å². The number of amides is 4. The van der Waals surface area contributed by atoms with Crippen LogP contribution in [-0.4, -0.2) is 80.6 Å². The fourth-order valence-corrected chi connectivity index (χ4v) is 7.53. The molecule has 15 nitrogen and oxygen atoms in total. The molecule has 0 radical (unpaired) electrons. The fourth-order valence-electron chi connectivity index (χ4n) is 7.53.